The largest absolute Gasteiger partial charge is 0.456 e. The Hall–Kier alpha value is -4.30. The molecule has 0 saturated carbocycles. The Bertz CT molecular complexity index is 1890. The van der Waals surface area contributed by atoms with Crippen LogP contribution in [0.1, 0.15) is 31.4 Å². The van der Waals surface area contributed by atoms with Crippen molar-refractivity contribution >= 4 is 49.3 Å². The molecule has 2 heteroatoms. The highest BCUT2D eigenvalue weighted by molar-refractivity contribution is 6.30. The minimum absolute atomic E-state index is 0.168. The number of rotatable bonds is 1. The molecule has 0 unspecified atom stereocenters. The summed E-state index contributed by atoms with van der Waals surface area (Å²) in [6.07, 6.45) is 9.54. The molecule has 0 N–H and O–H groups in total. The Kier molecular flexibility index (Phi) is 4.44. The summed E-state index contributed by atoms with van der Waals surface area (Å²) in [5, 5.41) is 4.80. The topological polar surface area (TPSA) is 18.1 Å². The Morgan fingerprint density at radius 3 is 2.36 bits per heavy atom. The molecule has 174 valence electrons. The summed E-state index contributed by atoms with van der Waals surface area (Å²) in [7, 11) is 0. The van der Waals surface area contributed by atoms with Gasteiger partial charge in [-0.15, -0.1) is 0 Å². The van der Waals surface area contributed by atoms with Crippen molar-refractivity contribution in [3.05, 3.63) is 121 Å². The summed E-state index contributed by atoms with van der Waals surface area (Å²) in [6, 6.07) is 27.8. The van der Waals surface area contributed by atoms with Crippen LogP contribution in [0.3, 0.4) is 0 Å². The molecule has 1 aliphatic rings. The molecule has 0 bridgehead atoms. The maximum Gasteiger partial charge on any atom is 0.140 e. The summed E-state index contributed by atoms with van der Waals surface area (Å²) < 4.78 is 9.17. The van der Waals surface area contributed by atoms with E-state index >= 15 is 0 Å². The Balaban J connectivity index is 1.86. The van der Waals surface area contributed by atoms with Gasteiger partial charge >= 0.3 is 0 Å². The first kappa shape index (κ1) is 21.0. The van der Waals surface area contributed by atoms with Crippen LogP contribution < -0.4 is 0 Å². The van der Waals surface area contributed by atoms with Gasteiger partial charge < -0.3 is 8.98 Å². The van der Waals surface area contributed by atoms with Gasteiger partial charge in [-0.25, -0.2) is 0 Å². The monoisotopic (exact) mass is 465 g/mol. The molecule has 0 aliphatic heterocycles. The lowest BCUT2D eigenvalue weighted by Gasteiger charge is -2.28. The summed E-state index contributed by atoms with van der Waals surface area (Å²) in [5.74, 6) is 0. The number of allylic oxidation sites excluding steroid dienone is 5. The summed E-state index contributed by atoms with van der Waals surface area (Å²) in [6.45, 7) is 9.25. The smallest absolute Gasteiger partial charge is 0.140 e. The van der Waals surface area contributed by atoms with Gasteiger partial charge in [0.25, 0.3) is 0 Å². The second-order valence-electron chi connectivity index (χ2n) is 10.4. The highest BCUT2D eigenvalue weighted by atomic mass is 16.3. The van der Waals surface area contributed by atoms with Crippen molar-refractivity contribution in [2.24, 2.45) is 0 Å². The number of fused-ring (bicyclic) bond motifs is 10. The first-order valence-corrected chi connectivity index (χ1v) is 12.5. The predicted molar refractivity (Wildman–Crippen MR) is 153 cm³/mol. The molecule has 0 fully saturated rings. The average molecular weight is 466 g/mol. The zero-order valence-corrected chi connectivity index (χ0v) is 20.6. The lowest BCUT2D eigenvalue weighted by Crippen LogP contribution is -2.19. The van der Waals surface area contributed by atoms with Gasteiger partial charge in [-0.1, -0.05) is 99.3 Å². The third-order valence-corrected chi connectivity index (χ3v) is 7.62. The number of hydrogen-bond acceptors (Lipinski definition) is 1. The number of hydrogen-bond donors (Lipinski definition) is 0. The molecule has 0 spiro atoms. The van der Waals surface area contributed by atoms with Gasteiger partial charge in [0.2, 0.25) is 0 Å². The molecule has 7 rings (SSSR count). The first-order valence-electron chi connectivity index (χ1n) is 12.5. The molecule has 0 atom stereocenters. The van der Waals surface area contributed by atoms with Gasteiger partial charge in [0.1, 0.15) is 11.2 Å². The van der Waals surface area contributed by atoms with Crippen molar-refractivity contribution < 1.29 is 4.42 Å². The summed E-state index contributed by atoms with van der Waals surface area (Å²) >= 11 is 0. The van der Waals surface area contributed by atoms with E-state index in [2.05, 4.69) is 128 Å². The molecule has 2 aromatic heterocycles. The highest BCUT2D eigenvalue weighted by Gasteiger charge is 2.33. The van der Waals surface area contributed by atoms with Crippen LogP contribution in [-0.2, 0) is 5.41 Å². The molecular weight excluding hydrogens is 438 g/mol. The van der Waals surface area contributed by atoms with Crippen molar-refractivity contribution in [1.29, 1.82) is 0 Å². The van der Waals surface area contributed by atoms with E-state index in [4.69, 9.17) is 4.42 Å². The third kappa shape index (κ3) is 2.85. The van der Waals surface area contributed by atoms with Crippen LogP contribution in [0.4, 0.5) is 0 Å². The van der Waals surface area contributed by atoms with Gasteiger partial charge in [0, 0.05) is 38.4 Å². The maximum atomic E-state index is 6.75. The number of aromatic nitrogens is 1. The molecule has 0 amide bonds. The van der Waals surface area contributed by atoms with Crippen molar-refractivity contribution in [3.8, 4) is 5.69 Å². The van der Waals surface area contributed by atoms with Crippen LogP contribution in [0.5, 0.6) is 0 Å². The second kappa shape index (κ2) is 7.60. The SMILES string of the molecule is C=C1/C=C\C=C/CC(C)(C)c2c1c1c(c3ccccc3n1-c1ccccc1)c1c2oc2ccccc21. The van der Waals surface area contributed by atoms with Gasteiger partial charge in [0.15, 0.2) is 0 Å². The van der Waals surface area contributed by atoms with E-state index in [0.29, 0.717) is 0 Å². The van der Waals surface area contributed by atoms with E-state index in [-0.39, 0.29) is 5.41 Å². The molecule has 4 aromatic carbocycles. The normalized spacial score (nSPS) is 17.2. The van der Waals surface area contributed by atoms with Gasteiger partial charge in [0.05, 0.1) is 11.0 Å². The zero-order chi connectivity index (χ0) is 24.4. The molecule has 36 heavy (non-hydrogen) atoms. The fraction of sp³-hybridized carbons (Fsp3) is 0.118. The molecular formula is C34H27NO. The lowest BCUT2D eigenvalue weighted by molar-refractivity contribution is 0.525. The summed E-state index contributed by atoms with van der Waals surface area (Å²) in [5.41, 5.74) is 8.65. The van der Waals surface area contributed by atoms with Crippen LogP contribution in [0.15, 0.2) is 114 Å². The van der Waals surface area contributed by atoms with Crippen molar-refractivity contribution in [2.45, 2.75) is 25.7 Å². The van der Waals surface area contributed by atoms with Crippen LogP contribution in [0.2, 0.25) is 0 Å². The number of nitrogens with zero attached hydrogens (tertiary/aromatic N) is 1. The number of benzene rings is 4. The van der Waals surface area contributed by atoms with Crippen LogP contribution in [0.25, 0.3) is 55.0 Å². The maximum absolute atomic E-state index is 6.75. The second-order valence-corrected chi connectivity index (χ2v) is 10.4. The van der Waals surface area contributed by atoms with Crippen molar-refractivity contribution in [3.63, 3.8) is 0 Å². The Morgan fingerprint density at radius 2 is 1.53 bits per heavy atom. The zero-order valence-electron chi connectivity index (χ0n) is 20.6. The highest BCUT2D eigenvalue weighted by Crippen LogP contribution is 2.50. The quantitative estimate of drug-likeness (QED) is 0.236. The van der Waals surface area contributed by atoms with E-state index in [0.717, 1.165) is 34.2 Å². The standard InChI is InChI=1S/C34H27NO/c1-22-14-6-5-13-21-34(2,3)31-28(22)32-29(30-25-18-10-12-20-27(25)36-33(30)31)24-17-9-11-19-26(24)35(32)23-15-7-4-8-16-23/h4-20H,1,21H2,2-3H3/b13-5-,14-6-. The molecule has 0 radical (unpaired) electrons. The van der Waals surface area contributed by atoms with Crippen molar-refractivity contribution in [2.75, 3.05) is 0 Å². The van der Waals surface area contributed by atoms with Crippen LogP contribution in [-0.4, -0.2) is 4.57 Å². The third-order valence-electron chi connectivity index (χ3n) is 7.62. The fourth-order valence-corrected chi connectivity index (χ4v) is 6.03. The van der Waals surface area contributed by atoms with Crippen molar-refractivity contribution in [1.82, 2.24) is 4.57 Å². The molecule has 0 saturated heterocycles. The van der Waals surface area contributed by atoms with E-state index in [1.54, 1.807) is 0 Å². The molecule has 2 nitrogen and oxygen atoms in total. The van der Waals surface area contributed by atoms with E-state index in [1.165, 1.54) is 38.3 Å². The Labute approximate surface area is 210 Å². The predicted octanol–water partition coefficient (Wildman–Crippen LogP) is 9.49. The van der Waals surface area contributed by atoms with Gasteiger partial charge in [-0.05, 0) is 41.7 Å². The van der Waals surface area contributed by atoms with Crippen LogP contribution >= 0.6 is 0 Å². The van der Waals surface area contributed by atoms with E-state index in [1.807, 2.05) is 0 Å². The Morgan fingerprint density at radius 1 is 0.806 bits per heavy atom. The lowest BCUT2D eigenvalue weighted by atomic mass is 9.76. The fourth-order valence-electron chi connectivity index (χ4n) is 6.03. The molecule has 6 aromatic rings. The van der Waals surface area contributed by atoms with Crippen LogP contribution in [0, 0.1) is 0 Å². The minimum Gasteiger partial charge on any atom is -0.456 e. The van der Waals surface area contributed by atoms with E-state index < -0.39 is 0 Å². The number of para-hydroxylation sites is 3. The summed E-state index contributed by atoms with van der Waals surface area (Å²) in [4.78, 5) is 0. The molecule has 2 heterocycles. The number of furan rings is 1. The van der Waals surface area contributed by atoms with E-state index in [9.17, 15) is 0 Å². The first-order chi connectivity index (χ1) is 17.6. The minimum atomic E-state index is -0.168. The van der Waals surface area contributed by atoms with Gasteiger partial charge in [-0.2, -0.15) is 0 Å². The molecule has 1 aliphatic carbocycles. The average Bonchev–Trinajstić information content (AvgIpc) is 3.44. The van der Waals surface area contributed by atoms with Gasteiger partial charge in [-0.3, -0.25) is 0 Å².